The lowest BCUT2D eigenvalue weighted by atomic mass is 9.90. The van der Waals surface area contributed by atoms with Gasteiger partial charge in [-0.25, -0.2) is 0 Å². The quantitative estimate of drug-likeness (QED) is 0.674. The highest BCUT2D eigenvalue weighted by atomic mass is 35.5. The average Bonchev–Trinajstić information content (AvgIpc) is 2.60. The molecule has 1 aliphatic rings. The van der Waals surface area contributed by atoms with Gasteiger partial charge in [0.05, 0.1) is 5.56 Å². The van der Waals surface area contributed by atoms with E-state index in [9.17, 15) is 13.2 Å². The Morgan fingerprint density at radius 2 is 2.00 bits per heavy atom. The molecule has 4 heteroatoms. The Balaban J connectivity index is 2.11. The van der Waals surface area contributed by atoms with Crippen LogP contribution in [0, 0.1) is 11.8 Å². The van der Waals surface area contributed by atoms with Crippen LogP contribution < -0.4 is 0 Å². The monoisotopic (exact) mass is 276 g/mol. The van der Waals surface area contributed by atoms with E-state index in [1.54, 1.807) is 6.07 Å². The van der Waals surface area contributed by atoms with Gasteiger partial charge in [-0.3, -0.25) is 0 Å². The van der Waals surface area contributed by atoms with Gasteiger partial charge >= 0.3 is 6.18 Å². The summed E-state index contributed by atoms with van der Waals surface area (Å²) in [5, 5.41) is 0.167. The van der Waals surface area contributed by atoms with E-state index in [1.165, 1.54) is 12.1 Å². The van der Waals surface area contributed by atoms with Crippen molar-refractivity contribution in [3.63, 3.8) is 0 Å². The third-order valence-corrected chi connectivity index (χ3v) is 4.50. The first-order valence-electron chi connectivity index (χ1n) is 6.18. The molecular weight excluding hydrogens is 261 g/mol. The lowest BCUT2D eigenvalue weighted by Crippen LogP contribution is -2.14. The molecule has 18 heavy (non-hydrogen) atoms. The summed E-state index contributed by atoms with van der Waals surface area (Å²) in [5.74, 6) is 0.775. The molecule has 0 amide bonds. The van der Waals surface area contributed by atoms with Crippen molar-refractivity contribution >= 4 is 11.6 Å². The van der Waals surface area contributed by atoms with Crippen LogP contribution in [0.1, 0.15) is 30.9 Å². The van der Waals surface area contributed by atoms with E-state index in [0.717, 1.165) is 24.5 Å². The predicted molar refractivity (Wildman–Crippen MR) is 66.7 cm³/mol. The van der Waals surface area contributed by atoms with E-state index in [1.807, 2.05) is 0 Å². The summed E-state index contributed by atoms with van der Waals surface area (Å²) in [5.41, 5.74) is 0.195. The molecule has 0 saturated heterocycles. The van der Waals surface area contributed by atoms with Crippen LogP contribution in [-0.4, -0.2) is 5.38 Å². The molecule has 0 heterocycles. The van der Waals surface area contributed by atoms with Crippen LogP contribution in [0.5, 0.6) is 0 Å². The zero-order valence-electron chi connectivity index (χ0n) is 10.2. The summed E-state index contributed by atoms with van der Waals surface area (Å²) in [6, 6.07) is 5.62. The van der Waals surface area contributed by atoms with Crippen molar-refractivity contribution in [3.8, 4) is 0 Å². The summed E-state index contributed by atoms with van der Waals surface area (Å²) in [4.78, 5) is 0. The van der Waals surface area contributed by atoms with E-state index in [-0.39, 0.29) is 5.38 Å². The molecule has 0 spiro atoms. The molecule has 1 aromatic carbocycles. The van der Waals surface area contributed by atoms with Crippen LogP contribution in [0.15, 0.2) is 24.3 Å². The van der Waals surface area contributed by atoms with Crippen LogP contribution in [0.4, 0.5) is 13.2 Å². The largest absolute Gasteiger partial charge is 0.416 e. The molecule has 3 atom stereocenters. The highest BCUT2D eigenvalue weighted by Crippen LogP contribution is 2.38. The van der Waals surface area contributed by atoms with Gasteiger partial charge in [0.15, 0.2) is 0 Å². The highest BCUT2D eigenvalue weighted by Gasteiger charge is 2.33. The fourth-order valence-electron chi connectivity index (χ4n) is 2.66. The maximum atomic E-state index is 12.6. The molecule has 0 aliphatic heterocycles. The van der Waals surface area contributed by atoms with Gasteiger partial charge < -0.3 is 0 Å². The van der Waals surface area contributed by atoms with Crippen molar-refractivity contribution in [2.24, 2.45) is 11.8 Å². The van der Waals surface area contributed by atoms with Crippen LogP contribution in [-0.2, 0) is 12.6 Å². The van der Waals surface area contributed by atoms with E-state index < -0.39 is 11.7 Å². The minimum atomic E-state index is -4.26. The molecule has 3 unspecified atom stereocenters. The molecule has 2 rings (SSSR count). The summed E-state index contributed by atoms with van der Waals surface area (Å²) >= 11 is 6.15. The van der Waals surface area contributed by atoms with Crippen molar-refractivity contribution in [2.75, 3.05) is 0 Å². The molecule has 0 aromatic heterocycles. The maximum absolute atomic E-state index is 12.6. The van der Waals surface area contributed by atoms with E-state index in [0.29, 0.717) is 18.3 Å². The van der Waals surface area contributed by atoms with Crippen LogP contribution in [0.3, 0.4) is 0 Å². The Hall–Kier alpha value is -0.700. The zero-order chi connectivity index (χ0) is 13.3. The predicted octanol–water partition coefficient (Wildman–Crippen LogP) is 4.90. The van der Waals surface area contributed by atoms with E-state index in [4.69, 9.17) is 11.6 Å². The first-order valence-corrected chi connectivity index (χ1v) is 6.62. The Morgan fingerprint density at radius 3 is 2.56 bits per heavy atom. The molecular formula is C14H16ClF3. The first kappa shape index (κ1) is 13.7. The molecule has 100 valence electrons. The number of hydrogen-bond acceptors (Lipinski definition) is 0. The minimum absolute atomic E-state index is 0.167. The molecule has 1 fully saturated rings. The van der Waals surface area contributed by atoms with Gasteiger partial charge in [-0.2, -0.15) is 13.2 Å². The molecule has 1 saturated carbocycles. The Bertz CT molecular complexity index is 414. The summed E-state index contributed by atoms with van der Waals surface area (Å²) in [6.07, 6.45) is -1.60. The zero-order valence-corrected chi connectivity index (χ0v) is 10.9. The third kappa shape index (κ3) is 3.00. The summed E-state index contributed by atoms with van der Waals surface area (Å²) in [6.45, 7) is 2.09. The number of hydrogen-bond donors (Lipinski definition) is 0. The van der Waals surface area contributed by atoms with Crippen LogP contribution >= 0.6 is 11.6 Å². The molecule has 0 nitrogen and oxygen atoms in total. The third-order valence-electron chi connectivity index (χ3n) is 3.88. The number of halogens is 4. The fourth-order valence-corrected chi connectivity index (χ4v) is 2.99. The van der Waals surface area contributed by atoms with E-state index >= 15 is 0 Å². The highest BCUT2D eigenvalue weighted by molar-refractivity contribution is 6.20. The van der Waals surface area contributed by atoms with Gasteiger partial charge in [0, 0.05) is 5.38 Å². The lowest BCUT2D eigenvalue weighted by Gasteiger charge is -2.17. The van der Waals surface area contributed by atoms with Gasteiger partial charge in [0.1, 0.15) is 0 Å². The van der Waals surface area contributed by atoms with Crippen molar-refractivity contribution < 1.29 is 13.2 Å². The molecule has 0 radical (unpaired) electrons. The topological polar surface area (TPSA) is 0 Å². The van der Waals surface area contributed by atoms with Gasteiger partial charge in [0.2, 0.25) is 0 Å². The molecule has 0 bridgehead atoms. The SMILES string of the molecule is CC1C(Cl)CCC1Cc1cccc(C(F)(F)F)c1. The van der Waals surface area contributed by atoms with Gasteiger partial charge in [-0.15, -0.1) is 11.6 Å². The number of rotatable bonds is 2. The lowest BCUT2D eigenvalue weighted by molar-refractivity contribution is -0.137. The molecule has 1 aliphatic carbocycles. The number of alkyl halides is 4. The standard InChI is InChI=1S/C14H16ClF3/c1-9-11(5-6-13(9)15)7-10-3-2-4-12(8-10)14(16,17)18/h2-4,8-9,11,13H,5-7H2,1H3. The van der Waals surface area contributed by atoms with Gasteiger partial charge in [-0.1, -0.05) is 25.1 Å². The van der Waals surface area contributed by atoms with Crippen molar-refractivity contribution in [3.05, 3.63) is 35.4 Å². The normalized spacial score (nSPS) is 28.6. The second-order valence-electron chi connectivity index (χ2n) is 5.11. The summed E-state index contributed by atoms with van der Waals surface area (Å²) in [7, 11) is 0. The van der Waals surface area contributed by atoms with Crippen LogP contribution in [0.2, 0.25) is 0 Å². The van der Waals surface area contributed by atoms with Crippen molar-refractivity contribution in [1.29, 1.82) is 0 Å². The first-order chi connectivity index (χ1) is 8.38. The van der Waals surface area contributed by atoms with Crippen molar-refractivity contribution in [1.82, 2.24) is 0 Å². The van der Waals surface area contributed by atoms with Gasteiger partial charge in [0.25, 0.3) is 0 Å². The average molecular weight is 277 g/mol. The van der Waals surface area contributed by atoms with Crippen LogP contribution in [0.25, 0.3) is 0 Å². The fraction of sp³-hybridized carbons (Fsp3) is 0.571. The second kappa shape index (κ2) is 5.12. The molecule has 0 N–H and O–H groups in total. The van der Waals surface area contributed by atoms with E-state index in [2.05, 4.69) is 6.92 Å². The summed E-state index contributed by atoms with van der Waals surface area (Å²) < 4.78 is 37.8. The van der Waals surface area contributed by atoms with Crippen molar-refractivity contribution in [2.45, 2.75) is 37.7 Å². The Labute approximate surface area is 110 Å². The van der Waals surface area contributed by atoms with Gasteiger partial charge in [-0.05, 0) is 42.7 Å². The Kier molecular flexibility index (Phi) is 3.90. The maximum Gasteiger partial charge on any atom is 0.416 e. The number of benzene rings is 1. The second-order valence-corrected chi connectivity index (χ2v) is 5.68. The smallest absolute Gasteiger partial charge is 0.166 e. The minimum Gasteiger partial charge on any atom is -0.166 e. The Morgan fingerprint density at radius 1 is 1.28 bits per heavy atom. The molecule has 1 aromatic rings.